The quantitative estimate of drug-likeness (QED) is 0.102. The lowest BCUT2D eigenvalue weighted by Gasteiger charge is -2.23. The summed E-state index contributed by atoms with van der Waals surface area (Å²) in [6.45, 7) is 2.13. The van der Waals surface area contributed by atoms with Gasteiger partial charge in [-0.3, -0.25) is 9.59 Å². The summed E-state index contributed by atoms with van der Waals surface area (Å²) in [5.41, 5.74) is 0.365. The van der Waals surface area contributed by atoms with Crippen LogP contribution in [0.25, 0.3) is 0 Å². The molecule has 34 heavy (non-hydrogen) atoms. The van der Waals surface area contributed by atoms with Gasteiger partial charge in [-0.05, 0) is 49.6 Å². The molecule has 0 aliphatic heterocycles. The largest absolute Gasteiger partial charge is 0.425 e. The molecule has 1 aliphatic rings. The van der Waals surface area contributed by atoms with Gasteiger partial charge in [0.15, 0.2) is 5.78 Å². The van der Waals surface area contributed by atoms with E-state index in [4.69, 9.17) is 9.62 Å². The molecule has 0 saturated heterocycles. The minimum atomic E-state index is -1.03. The predicted octanol–water partition coefficient (Wildman–Crippen LogP) is 5.86. The maximum atomic E-state index is 12.7. The van der Waals surface area contributed by atoms with E-state index in [-0.39, 0.29) is 28.6 Å². The Bertz CT molecular complexity index is 1010. The normalized spacial score (nSPS) is 13.0. The highest BCUT2D eigenvalue weighted by molar-refractivity contribution is 6.01. The molecular formula is C27H30O7. The van der Waals surface area contributed by atoms with Gasteiger partial charge in [0.1, 0.15) is 11.3 Å². The zero-order chi connectivity index (χ0) is 24.3. The second-order valence-corrected chi connectivity index (χ2v) is 8.45. The molecule has 1 saturated carbocycles. The van der Waals surface area contributed by atoms with Crippen LogP contribution in [-0.2, 0) is 14.6 Å². The molecule has 1 aliphatic carbocycles. The molecule has 7 heteroatoms. The summed E-state index contributed by atoms with van der Waals surface area (Å²) >= 11 is 0. The predicted molar refractivity (Wildman–Crippen MR) is 124 cm³/mol. The van der Waals surface area contributed by atoms with Crippen molar-refractivity contribution in [2.75, 3.05) is 0 Å². The number of rotatable bonds is 11. The van der Waals surface area contributed by atoms with Crippen molar-refractivity contribution in [1.82, 2.24) is 0 Å². The molecule has 2 aromatic rings. The van der Waals surface area contributed by atoms with E-state index in [0.29, 0.717) is 12.0 Å². The molecule has 2 aromatic carbocycles. The Morgan fingerprint density at radius 1 is 0.824 bits per heavy atom. The molecule has 0 unspecified atom stereocenters. The van der Waals surface area contributed by atoms with E-state index in [9.17, 15) is 19.2 Å². The fourth-order valence-corrected chi connectivity index (χ4v) is 3.56. The van der Waals surface area contributed by atoms with E-state index in [1.165, 1.54) is 30.3 Å². The molecule has 0 bridgehead atoms. The van der Waals surface area contributed by atoms with Crippen LogP contribution in [0.1, 0.15) is 95.8 Å². The highest BCUT2D eigenvalue weighted by Crippen LogP contribution is 2.30. The molecule has 0 amide bonds. The average molecular weight is 467 g/mol. The third-order valence-electron chi connectivity index (χ3n) is 5.88. The van der Waals surface area contributed by atoms with E-state index in [0.717, 1.165) is 51.4 Å². The molecule has 0 N–H and O–H groups in total. The summed E-state index contributed by atoms with van der Waals surface area (Å²) in [6, 6.07) is 12.3. The smallest absolute Gasteiger partial charge is 0.390 e. The van der Waals surface area contributed by atoms with Crippen molar-refractivity contribution in [3.05, 3.63) is 65.2 Å². The number of carbonyl (C=O) groups excluding carboxylic acids is 4. The van der Waals surface area contributed by atoms with Gasteiger partial charge < -0.3 is 4.74 Å². The highest BCUT2D eigenvalue weighted by Gasteiger charge is 2.29. The Morgan fingerprint density at radius 2 is 1.53 bits per heavy atom. The SMILES string of the molecule is CCCCCCCC(=O)c1ccc(OC(=O)C2CCC2)c(C(=O)OOC(=O)c2ccccc2)c1. The molecule has 180 valence electrons. The second-order valence-electron chi connectivity index (χ2n) is 8.45. The van der Waals surface area contributed by atoms with Crippen LogP contribution in [0.15, 0.2) is 48.5 Å². The number of hydrogen-bond donors (Lipinski definition) is 0. The van der Waals surface area contributed by atoms with Crippen molar-refractivity contribution in [2.45, 2.75) is 64.7 Å². The number of ketones is 1. The van der Waals surface area contributed by atoms with E-state index < -0.39 is 17.9 Å². The van der Waals surface area contributed by atoms with Crippen molar-refractivity contribution in [1.29, 1.82) is 0 Å². The Hall–Kier alpha value is -3.48. The average Bonchev–Trinajstić information content (AvgIpc) is 2.81. The van der Waals surface area contributed by atoms with Gasteiger partial charge in [0.25, 0.3) is 0 Å². The van der Waals surface area contributed by atoms with E-state index in [2.05, 4.69) is 11.8 Å². The number of esters is 1. The van der Waals surface area contributed by atoms with Crippen LogP contribution in [-0.4, -0.2) is 23.7 Å². The lowest BCUT2D eigenvalue weighted by molar-refractivity contribution is -0.187. The molecule has 1 fully saturated rings. The maximum absolute atomic E-state index is 12.7. The van der Waals surface area contributed by atoms with Crippen LogP contribution in [0.5, 0.6) is 5.75 Å². The van der Waals surface area contributed by atoms with Crippen LogP contribution in [0.3, 0.4) is 0 Å². The van der Waals surface area contributed by atoms with Crippen molar-refractivity contribution >= 4 is 23.7 Å². The second kappa shape index (κ2) is 12.7. The molecular weight excluding hydrogens is 436 g/mol. The van der Waals surface area contributed by atoms with Crippen LogP contribution in [0, 0.1) is 5.92 Å². The van der Waals surface area contributed by atoms with Crippen molar-refractivity contribution in [3.8, 4) is 5.75 Å². The van der Waals surface area contributed by atoms with Gasteiger partial charge in [0.05, 0.1) is 11.5 Å². The topological polar surface area (TPSA) is 96.0 Å². The summed E-state index contributed by atoms with van der Waals surface area (Å²) in [6.07, 6.45) is 7.82. The first-order valence-electron chi connectivity index (χ1n) is 11.9. The monoisotopic (exact) mass is 466 g/mol. The number of Topliss-reactive ketones (excluding diaryl/α,β-unsaturated/α-hetero) is 1. The van der Waals surface area contributed by atoms with Gasteiger partial charge in [-0.15, -0.1) is 0 Å². The number of benzene rings is 2. The molecule has 0 atom stereocenters. The van der Waals surface area contributed by atoms with Crippen molar-refractivity contribution < 1.29 is 33.7 Å². The van der Waals surface area contributed by atoms with Gasteiger partial charge in [0, 0.05) is 12.0 Å². The summed E-state index contributed by atoms with van der Waals surface area (Å²) in [4.78, 5) is 59.3. The third-order valence-corrected chi connectivity index (χ3v) is 5.88. The number of unbranched alkanes of at least 4 members (excludes halogenated alkanes) is 4. The Kier molecular flexibility index (Phi) is 9.38. The van der Waals surface area contributed by atoms with Crippen LogP contribution < -0.4 is 4.74 Å². The molecule has 0 spiro atoms. The van der Waals surface area contributed by atoms with Gasteiger partial charge >= 0.3 is 17.9 Å². The first kappa shape index (κ1) is 25.1. The van der Waals surface area contributed by atoms with Crippen molar-refractivity contribution in [3.63, 3.8) is 0 Å². The maximum Gasteiger partial charge on any atom is 0.390 e. The zero-order valence-electron chi connectivity index (χ0n) is 19.4. The lowest BCUT2D eigenvalue weighted by atomic mass is 9.86. The minimum Gasteiger partial charge on any atom is -0.425 e. The molecule has 3 rings (SSSR count). The fraction of sp³-hybridized carbons (Fsp3) is 0.407. The first-order valence-corrected chi connectivity index (χ1v) is 11.9. The Labute approximate surface area is 199 Å². The van der Waals surface area contributed by atoms with Crippen LogP contribution in [0.4, 0.5) is 0 Å². The van der Waals surface area contributed by atoms with Crippen LogP contribution >= 0.6 is 0 Å². The Morgan fingerprint density at radius 3 is 2.21 bits per heavy atom. The summed E-state index contributed by atoms with van der Waals surface area (Å²) in [5.74, 6) is -2.67. The molecule has 0 radical (unpaired) electrons. The van der Waals surface area contributed by atoms with Gasteiger partial charge in [0.2, 0.25) is 0 Å². The standard InChI is InChI=1S/C27H30O7/c1-2-3-4-5-9-15-23(28)21-16-17-24(32-25(29)19-13-10-14-19)22(18-21)27(31)34-33-26(30)20-11-7-6-8-12-20/h6-8,11-12,16-19H,2-5,9-10,13-15H2,1H3. The van der Waals surface area contributed by atoms with Gasteiger partial charge in [-0.2, -0.15) is 0 Å². The number of hydrogen-bond acceptors (Lipinski definition) is 7. The number of ether oxygens (including phenoxy) is 1. The zero-order valence-corrected chi connectivity index (χ0v) is 19.4. The molecule has 0 aromatic heterocycles. The fourth-order valence-electron chi connectivity index (χ4n) is 3.56. The van der Waals surface area contributed by atoms with Crippen molar-refractivity contribution in [2.24, 2.45) is 5.92 Å². The summed E-state index contributed by atoms with van der Waals surface area (Å²) in [7, 11) is 0. The number of carbonyl (C=O) groups is 4. The Balaban J connectivity index is 1.71. The highest BCUT2D eigenvalue weighted by atomic mass is 17.2. The van der Waals surface area contributed by atoms with E-state index in [1.54, 1.807) is 18.2 Å². The summed E-state index contributed by atoms with van der Waals surface area (Å²) in [5, 5.41) is 0. The van der Waals surface area contributed by atoms with Crippen LogP contribution in [0.2, 0.25) is 0 Å². The van der Waals surface area contributed by atoms with Gasteiger partial charge in [-0.25, -0.2) is 19.4 Å². The lowest BCUT2D eigenvalue weighted by Crippen LogP contribution is -2.27. The third kappa shape index (κ3) is 7.01. The first-order chi connectivity index (χ1) is 16.5. The van der Waals surface area contributed by atoms with E-state index >= 15 is 0 Å². The molecule has 7 nitrogen and oxygen atoms in total. The molecule has 0 heterocycles. The summed E-state index contributed by atoms with van der Waals surface area (Å²) < 4.78 is 5.43. The van der Waals surface area contributed by atoms with E-state index in [1.807, 2.05) is 0 Å². The minimum absolute atomic E-state index is 0.0304. The van der Waals surface area contributed by atoms with Gasteiger partial charge in [-0.1, -0.05) is 57.2 Å².